The van der Waals surface area contributed by atoms with E-state index in [1.54, 1.807) is 25.3 Å². The summed E-state index contributed by atoms with van der Waals surface area (Å²) in [6.07, 6.45) is 4.57. The van der Waals surface area contributed by atoms with Crippen LogP contribution in [0.25, 0.3) is 6.08 Å². The van der Waals surface area contributed by atoms with Gasteiger partial charge in [-0.3, -0.25) is 0 Å². The van der Waals surface area contributed by atoms with Crippen LogP contribution in [0.2, 0.25) is 6.04 Å². The van der Waals surface area contributed by atoms with E-state index in [0.29, 0.717) is 24.2 Å². The van der Waals surface area contributed by atoms with Crippen molar-refractivity contribution >= 4 is 51.3 Å². The van der Waals surface area contributed by atoms with E-state index in [2.05, 4.69) is 4.74 Å². The summed E-state index contributed by atoms with van der Waals surface area (Å²) in [7, 11) is 2.90. The molecule has 0 N–H and O–H groups in total. The summed E-state index contributed by atoms with van der Waals surface area (Å²) >= 11 is 17.5. The predicted molar refractivity (Wildman–Crippen MR) is 96.9 cm³/mol. The van der Waals surface area contributed by atoms with E-state index in [4.69, 9.17) is 42.7 Å². The van der Waals surface area contributed by atoms with E-state index in [1.807, 2.05) is 6.07 Å². The second-order valence-corrected chi connectivity index (χ2v) is 14.0. The Bertz CT molecular complexity index is 544. The van der Waals surface area contributed by atoms with Crippen LogP contribution in [-0.2, 0) is 9.53 Å². The third kappa shape index (κ3) is 8.51. The zero-order chi connectivity index (χ0) is 17.3. The van der Waals surface area contributed by atoms with Crippen molar-refractivity contribution in [2.75, 3.05) is 20.8 Å². The minimum absolute atomic E-state index is 0.417. The number of carbonyl (C=O) groups is 1. The highest BCUT2D eigenvalue weighted by atomic mass is 35.8. The Labute approximate surface area is 151 Å². The van der Waals surface area contributed by atoms with Crippen LogP contribution in [0.15, 0.2) is 24.3 Å². The number of hydrogen-bond donors (Lipinski definition) is 0. The maximum Gasteiger partial charge on any atom is 0.341 e. The third-order valence-electron chi connectivity index (χ3n) is 2.91. The van der Waals surface area contributed by atoms with Crippen molar-refractivity contribution in [2.45, 2.75) is 18.9 Å². The van der Waals surface area contributed by atoms with Gasteiger partial charge in [0.2, 0.25) is 0 Å². The molecule has 1 rings (SSSR count). The fourth-order valence-electron chi connectivity index (χ4n) is 1.75. The number of hydrogen-bond acceptors (Lipinski definition) is 4. The third-order valence-corrected chi connectivity index (χ3v) is 5.53. The standard InChI is InChI=1S/C15H19Cl3O4Si/c1-20-13-7-5-12(6-8-15(19)21-2)11-14(13)22-9-3-4-10-23(16,17)18/h5-8,11H,3-4,9-10H2,1-2H3. The van der Waals surface area contributed by atoms with E-state index in [9.17, 15) is 4.79 Å². The van der Waals surface area contributed by atoms with Gasteiger partial charge in [-0.1, -0.05) is 6.07 Å². The number of esters is 1. The minimum Gasteiger partial charge on any atom is -0.493 e. The molecule has 0 atom stereocenters. The molecule has 0 saturated heterocycles. The first-order valence-corrected chi connectivity index (χ1v) is 12.2. The Balaban J connectivity index is 2.61. The summed E-state index contributed by atoms with van der Waals surface area (Å²) in [5, 5.41) is 0. The van der Waals surface area contributed by atoms with E-state index in [0.717, 1.165) is 18.4 Å². The van der Waals surface area contributed by atoms with Crippen LogP contribution in [-0.4, -0.2) is 32.8 Å². The van der Waals surface area contributed by atoms with Crippen molar-refractivity contribution in [1.29, 1.82) is 0 Å². The van der Waals surface area contributed by atoms with Gasteiger partial charge in [-0.05, 0) is 42.7 Å². The molecule has 23 heavy (non-hydrogen) atoms. The number of benzene rings is 1. The molecule has 0 heterocycles. The van der Waals surface area contributed by atoms with Crippen molar-refractivity contribution in [3.63, 3.8) is 0 Å². The first kappa shape index (κ1) is 20.2. The lowest BCUT2D eigenvalue weighted by molar-refractivity contribution is -0.134. The van der Waals surface area contributed by atoms with Gasteiger partial charge in [-0.2, -0.15) is 0 Å². The molecule has 1 aromatic rings. The smallest absolute Gasteiger partial charge is 0.341 e. The first-order valence-electron chi connectivity index (χ1n) is 6.99. The highest BCUT2D eigenvalue weighted by molar-refractivity contribution is 7.64. The van der Waals surface area contributed by atoms with E-state index in [-0.39, 0.29) is 0 Å². The highest BCUT2D eigenvalue weighted by Gasteiger charge is 2.23. The van der Waals surface area contributed by atoms with Crippen LogP contribution in [0.1, 0.15) is 18.4 Å². The molecule has 0 aromatic heterocycles. The number of unbranched alkanes of at least 4 members (excludes halogenated alkanes) is 1. The van der Waals surface area contributed by atoms with Crippen LogP contribution in [0.3, 0.4) is 0 Å². The Hall–Kier alpha value is -0.883. The van der Waals surface area contributed by atoms with Crippen molar-refractivity contribution < 1.29 is 19.0 Å². The summed E-state index contributed by atoms with van der Waals surface area (Å²) in [6, 6.07) is 3.45. The van der Waals surface area contributed by atoms with E-state index < -0.39 is 12.0 Å². The van der Waals surface area contributed by atoms with Crippen molar-refractivity contribution in [2.24, 2.45) is 0 Å². The molecule has 0 unspecified atom stereocenters. The largest absolute Gasteiger partial charge is 0.493 e. The first-order chi connectivity index (χ1) is 10.9. The summed E-state index contributed by atoms with van der Waals surface area (Å²) in [6.45, 7) is 0.496. The van der Waals surface area contributed by atoms with Gasteiger partial charge in [0.1, 0.15) is 0 Å². The lowest BCUT2D eigenvalue weighted by Gasteiger charge is -2.12. The number of rotatable bonds is 9. The Morgan fingerprint density at radius 1 is 1.17 bits per heavy atom. The molecule has 0 spiro atoms. The van der Waals surface area contributed by atoms with Gasteiger partial charge in [0.05, 0.1) is 20.8 Å². The highest BCUT2D eigenvalue weighted by Crippen LogP contribution is 2.30. The van der Waals surface area contributed by atoms with Crippen LogP contribution >= 0.6 is 33.2 Å². The topological polar surface area (TPSA) is 44.8 Å². The van der Waals surface area contributed by atoms with Crippen LogP contribution in [0.5, 0.6) is 11.5 Å². The molecule has 1 aromatic carbocycles. The molecular formula is C15H19Cl3O4Si. The molecule has 0 aliphatic rings. The normalized spacial score (nSPS) is 11.5. The fourth-order valence-corrected chi connectivity index (χ4v) is 3.61. The number of halogens is 3. The predicted octanol–water partition coefficient (Wildman–Crippen LogP) is 4.70. The van der Waals surface area contributed by atoms with Gasteiger partial charge >= 0.3 is 12.0 Å². The van der Waals surface area contributed by atoms with E-state index >= 15 is 0 Å². The van der Waals surface area contributed by atoms with Crippen LogP contribution in [0.4, 0.5) is 0 Å². The molecule has 0 bridgehead atoms. The van der Waals surface area contributed by atoms with Crippen molar-refractivity contribution in [1.82, 2.24) is 0 Å². The number of carbonyl (C=O) groups excluding carboxylic acids is 1. The molecule has 0 aliphatic heterocycles. The zero-order valence-corrected chi connectivity index (χ0v) is 16.2. The molecule has 0 amide bonds. The molecular weight excluding hydrogens is 379 g/mol. The molecule has 0 saturated carbocycles. The Morgan fingerprint density at radius 3 is 2.52 bits per heavy atom. The van der Waals surface area contributed by atoms with Gasteiger partial charge in [0, 0.05) is 6.08 Å². The summed E-state index contributed by atoms with van der Waals surface area (Å²) in [5.41, 5.74) is 0.805. The average Bonchev–Trinajstić information content (AvgIpc) is 2.51. The van der Waals surface area contributed by atoms with Crippen LogP contribution in [0, 0.1) is 0 Å². The summed E-state index contributed by atoms with van der Waals surface area (Å²) < 4.78 is 15.5. The molecule has 0 aliphatic carbocycles. The second kappa shape index (κ2) is 10.1. The lowest BCUT2D eigenvalue weighted by atomic mass is 10.2. The minimum atomic E-state index is -2.55. The average molecular weight is 398 g/mol. The second-order valence-electron chi connectivity index (χ2n) is 4.69. The summed E-state index contributed by atoms with van der Waals surface area (Å²) in [5.74, 6) is 0.806. The quantitative estimate of drug-likeness (QED) is 0.199. The van der Waals surface area contributed by atoms with Crippen molar-refractivity contribution in [3.05, 3.63) is 29.8 Å². The molecule has 0 fully saturated rings. The van der Waals surface area contributed by atoms with Gasteiger partial charge in [0.15, 0.2) is 11.5 Å². The van der Waals surface area contributed by atoms with Crippen molar-refractivity contribution in [3.8, 4) is 11.5 Å². The van der Waals surface area contributed by atoms with Gasteiger partial charge in [-0.25, -0.2) is 4.79 Å². The molecule has 4 nitrogen and oxygen atoms in total. The molecule has 0 radical (unpaired) electrons. The fraction of sp³-hybridized carbons (Fsp3) is 0.400. The van der Waals surface area contributed by atoms with E-state index in [1.165, 1.54) is 13.2 Å². The Kier molecular flexibility index (Phi) is 8.84. The number of ether oxygens (including phenoxy) is 3. The Morgan fingerprint density at radius 2 is 1.91 bits per heavy atom. The van der Waals surface area contributed by atoms with Gasteiger partial charge in [-0.15, -0.1) is 33.2 Å². The maximum absolute atomic E-state index is 11.1. The van der Waals surface area contributed by atoms with Gasteiger partial charge < -0.3 is 14.2 Å². The maximum atomic E-state index is 11.1. The summed E-state index contributed by atoms with van der Waals surface area (Å²) in [4.78, 5) is 11.1. The molecule has 8 heteroatoms. The van der Waals surface area contributed by atoms with Crippen LogP contribution < -0.4 is 9.47 Å². The molecule has 128 valence electrons. The number of methoxy groups -OCH3 is 2. The van der Waals surface area contributed by atoms with Gasteiger partial charge in [0.25, 0.3) is 0 Å². The zero-order valence-electron chi connectivity index (χ0n) is 13.0. The SMILES string of the molecule is COC(=O)C=Cc1ccc(OC)c(OCCCC[Si](Cl)(Cl)Cl)c1. The monoisotopic (exact) mass is 396 g/mol. The lowest BCUT2D eigenvalue weighted by Crippen LogP contribution is -2.09.